The van der Waals surface area contributed by atoms with Gasteiger partial charge in [-0.1, -0.05) is 0 Å². The van der Waals surface area contributed by atoms with E-state index in [9.17, 15) is 13.2 Å². The molecule has 0 heterocycles. The molecule has 0 amide bonds. The molecule has 2 N–H and O–H groups in total. The average Bonchev–Trinajstić information content (AvgIpc) is 2.37. The molecule has 0 aromatic heterocycles. The summed E-state index contributed by atoms with van der Waals surface area (Å²) in [5.74, 6) is -1.90. The van der Waals surface area contributed by atoms with Crippen LogP contribution in [0.5, 0.6) is 0 Å². The molecule has 1 aliphatic rings. The Morgan fingerprint density at radius 1 is 1.10 bits per heavy atom. The van der Waals surface area contributed by atoms with Gasteiger partial charge >= 0.3 is 0 Å². The van der Waals surface area contributed by atoms with Crippen molar-refractivity contribution in [2.45, 2.75) is 6.54 Å². The molecular weight excluding hydrogens is 333 g/mol. The van der Waals surface area contributed by atoms with Crippen LogP contribution in [0.4, 0.5) is 13.2 Å². The van der Waals surface area contributed by atoms with Crippen molar-refractivity contribution in [1.29, 1.82) is 5.41 Å². The number of benzene rings is 1. The van der Waals surface area contributed by atoms with Crippen LogP contribution >= 0.6 is 15.9 Å². The van der Waals surface area contributed by atoms with Crippen molar-refractivity contribution in [2.24, 2.45) is 0 Å². The molecule has 20 heavy (non-hydrogen) atoms. The molecule has 0 bridgehead atoms. The predicted octanol–water partition coefficient (Wildman–Crippen LogP) is 4.10. The summed E-state index contributed by atoms with van der Waals surface area (Å²) in [5.41, 5.74) is 0.487. The molecule has 104 valence electrons. The molecule has 0 atom stereocenters. The average molecular weight is 343 g/mol. The highest BCUT2D eigenvalue weighted by Gasteiger charge is 2.16. The van der Waals surface area contributed by atoms with Gasteiger partial charge in [-0.3, -0.25) is 0 Å². The van der Waals surface area contributed by atoms with E-state index in [4.69, 9.17) is 5.41 Å². The van der Waals surface area contributed by atoms with Crippen molar-refractivity contribution < 1.29 is 13.2 Å². The van der Waals surface area contributed by atoms with Gasteiger partial charge in [0.05, 0.1) is 15.8 Å². The lowest BCUT2D eigenvalue weighted by atomic mass is 10.1. The number of rotatable bonds is 3. The largest absolute Gasteiger partial charge is 0.386 e. The van der Waals surface area contributed by atoms with E-state index in [1.54, 1.807) is 0 Å². The fraction of sp³-hybridized carbons (Fsp3) is 0.0714. The van der Waals surface area contributed by atoms with Crippen LogP contribution in [0.2, 0.25) is 0 Å². The number of allylic oxidation sites excluding steroid dienone is 5. The monoisotopic (exact) mass is 342 g/mol. The maximum atomic E-state index is 13.8. The van der Waals surface area contributed by atoms with Crippen molar-refractivity contribution >= 4 is 21.6 Å². The van der Waals surface area contributed by atoms with Gasteiger partial charge in [0, 0.05) is 18.8 Å². The van der Waals surface area contributed by atoms with Gasteiger partial charge in [0.15, 0.2) is 0 Å². The number of hydrogen-bond acceptors (Lipinski definition) is 2. The van der Waals surface area contributed by atoms with E-state index >= 15 is 0 Å². The predicted molar refractivity (Wildman–Crippen MR) is 75.2 cm³/mol. The molecule has 1 aromatic carbocycles. The first kappa shape index (κ1) is 14.6. The first-order valence-electron chi connectivity index (χ1n) is 5.68. The fourth-order valence-corrected chi connectivity index (χ4v) is 2.04. The zero-order chi connectivity index (χ0) is 14.7. The molecule has 2 rings (SSSR count). The third kappa shape index (κ3) is 3.39. The van der Waals surface area contributed by atoms with E-state index < -0.39 is 17.5 Å². The number of halogens is 4. The highest BCUT2D eigenvalue weighted by Crippen LogP contribution is 2.27. The normalized spacial score (nSPS) is 17.0. The number of hydrogen-bond donors (Lipinski definition) is 2. The minimum atomic E-state index is -0.670. The Bertz CT molecular complexity index is 628. The van der Waals surface area contributed by atoms with Gasteiger partial charge < -0.3 is 10.7 Å². The van der Waals surface area contributed by atoms with Crippen LogP contribution in [-0.2, 0) is 6.54 Å². The lowest BCUT2D eigenvalue weighted by molar-refractivity contribution is 0.578. The topological polar surface area (TPSA) is 35.9 Å². The first-order valence-corrected chi connectivity index (χ1v) is 6.48. The second kappa shape index (κ2) is 6.09. The minimum Gasteiger partial charge on any atom is -0.386 e. The molecule has 0 fully saturated rings. The third-order valence-corrected chi connectivity index (χ3v) is 3.22. The Labute approximate surface area is 122 Å². The van der Waals surface area contributed by atoms with E-state index in [1.807, 2.05) is 0 Å². The summed E-state index contributed by atoms with van der Waals surface area (Å²) >= 11 is 3.03. The highest BCUT2D eigenvalue weighted by atomic mass is 79.9. The standard InChI is InChI=1S/C14H10BrF3N2/c15-12-1-2-13(19)11(14(12)18)7-20-6-8-3-9(16)5-10(17)4-8/h1-5,7,19-20H,6H2/b11-7+,19-13?. The summed E-state index contributed by atoms with van der Waals surface area (Å²) in [6.07, 6.45) is 4.20. The van der Waals surface area contributed by atoms with E-state index in [1.165, 1.54) is 30.5 Å². The summed E-state index contributed by atoms with van der Waals surface area (Å²) < 4.78 is 40.0. The zero-order valence-electron chi connectivity index (χ0n) is 10.2. The van der Waals surface area contributed by atoms with Crippen molar-refractivity contribution in [1.82, 2.24) is 5.32 Å². The Hall–Kier alpha value is -1.82. The summed E-state index contributed by atoms with van der Waals surface area (Å²) in [6.45, 7) is 0.125. The van der Waals surface area contributed by atoms with Crippen LogP contribution < -0.4 is 5.32 Å². The Morgan fingerprint density at radius 3 is 2.40 bits per heavy atom. The van der Waals surface area contributed by atoms with Crippen LogP contribution in [-0.4, -0.2) is 5.71 Å². The van der Waals surface area contributed by atoms with Crippen LogP contribution in [0.1, 0.15) is 5.56 Å². The highest BCUT2D eigenvalue weighted by molar-refractivity contribution is 9.11. The Kier molecular flexibility index (Phi) is 4.44. The van der Waals surface area contributed by atoms with Gasteiger partial charge in [0.2, 0.25) is 0 Å². The molecular formula is C14H10BrF3N2. The van der Waals surface area contributed by atoms with Gasteiger partial charge in [-0.25, -0.2) is 13.2 Å². The Balaban J connectivity index is 2.10. The van der Waals surface area contributed by atoms with E-state index in [0.717, 1.165) is 6.07 Å². The number of nitrogens with one attached hydrogen (secondary N) is 2. The van der Waals surface area contributed by atoms with Crippen molar-refractivity contribution in [2.75, 3.05) is 0 Å². The molecule has 1 aromatic rings. The van der Waals surface area contributed by atoms with Gasteiger partial charge in [0.1, 0.15) is 17.5 Å². The van der Waals surface area contributed by atoms with Crippen LogP contribution in [0.25, 0.3) is 0 Å². The first-order chi connectivity index (χ1) is 9.47. The SMILES string of the molecule is N=C1C=CC(Br)=C(F)/C1=C/NCc1cc(F)cc(F)c1. The minimum absolute atomic E-state index is 0.0172. The summed E-state index contributed by atoms with van der Waals surface area (Å²) in [6, 6.07) is 3.15. The van der Waals surface area contributed by atoms with E-state index in [-0.39, 0.29) is 22.3 Å². The summed E-state index contributed by atoms with van der Waals surface area (Å²) in [4.78, 5) is 0. The zero-order valence-corrected chi connectivity index (χ0v) is 11.8. The van der Waals surface area contributed by atoms with Crippen LogP contribution in [0, 0.1) is 17.0 Å². The lowest BCUT2D eigenvalue weighted by Gasteiger charge is -2.11. The van der Waals surface area contributed by atoms with Gasteiger partial charge in [-0.05, 0) is 45.8 Å². The second-order valence-electron chi connectivity index (χ2n) is 4.13. The van der Waals surface area contributed by atoms with Gasteiger partial charge in [0.25, 0.3) is 0 Å². The van der Waals surface area contributed by atoms with E-state index in [2.05, 4.69) is 21.2 Å². The van der Waals surface area contributed by atoms with Gasteiger partial charge in [-0.2, -0.15) is 0 Å². The maximum Gasteiger partial charge on any atom is 0.148 e. The van der Waals surface area contributed by atoms with Gasteiger partial charge in [-0.15, -0.1) is 0 Å². The molecule has 0 aliphatic heterocycles. The summed E-state index contributed by atoms with van der Waals surface area (Å²) in [7, 11) is 0. The second-order valence-corrected chi connectivity index (χ2v) is 4.98. The van der Waals surface area contributed by atoms with Crippen LogP contribution in [0.15, 0.2) is 52.4 Å². The lowest BCUT2D eigenvalue weighted by Crippen LogP contribution is -2.11. The van der Waals surface area contributed by atoms with Crippen molar-refractivity contribution in [3.63, 3.8) is 0 Å². The molecule has 6 heteroatoms. The quantitative estimate of drug-likeness (QED) is 0.852. The molecule has 0 radical (unpaired) electrons. The van der Waals surface area contributed by atoms with Crippen LogP contribution in [0.3, 0.4) is 0 Å². The van der Waals surface area contributed by atoms with Crippen molar-refractivity contribution in [3.05, 3.63) is 69.6 Å². The maximum absolute atomic E-state index is 13.8. The fourth-order valence-electron chi connectivity index (χ4n) is 1.69. The summed E-state index contributed by atoms with van der Waals surface area (Å²) in [5, 5.41) is 10.3. The molecule has 2 nitrogen and oxygen atoms in total. The Morgan fingerprint density at radius 2 is 1.75 bits per heavy atom. The molecule has 0 unspecified atom stereocenters. The van der Waals surface area contributed by atoms with E-state index in [0.29, 0.717) is 5.56 Å². The molecule has 0 spiro atoms. The molecule has 0 saturated carbocycles. The smallest absolute Gasteiger partial charge is 0.148 e. The third-order valence-electron chi connectivity index (χ3n) is 2.61. The molecule has 0 saturated heterocycles. The van der Waals surface area contributed by atoms with Crippen molar-refractivity contribution in [3.8, 4) is 0 Å². The molecule has 1 aliphatic carbocycles.